The Hall–Kier alpha value is -3.45. The van der Waals surface area contributed by atoms with Crippen LogP contribution in [0.3, 0.4) is 0 Å². The molecule has 5 aromatic carbocycles. The van der Waals surface area contributed by atoms with Gasteiger partial charge in [0.1, 0.15) is 0 Å². The number of hydrogen-bond donors (Lipinski definition) is 0. The zero-order chi connectivity index (χ0) is 18.0. The van der Waals surface area contributed by atoms with Crippen molar-refractivity contribution in [3.05, 3.63) is 90.8 Å². The van der Waals surface area contributed by atoms with Crippen LogP contribution >= 0.6 is 0 Å². The summed E-state index contributed by atoms with van der Waals surface area (Å²) in [6, 6.07) is 26.9. The molecule has 6 aromatic rings. The van der Waals surface area contributed by atoms with Crippen molar-refractivity contribution in [3.63, 3.8) is 0 Å². The van der Waals surface area contributed by atoms with E-state index in [0.717, 1.165) is 0 Å². The van der Waals surface area contributed by atoms with Gasteiger partial charge in [-0.2, -0.15) is 0 Å². The molecule has 126 valence electrons. The summed E-state index contributed by atoms with van der Waals surface area (Å²) in [4.78, 5) is 4.26. The largest absolute Gasteiger partial charge is 0.264 e. The lowest BCUT2D eigenvalue weighted by Crippen LogP contribution is -1.85. The SMILES string of the molecule is Cc1ccc2c(ccc3c2ccc2c4ccc5cnccc5c4ccc32)c1. The fraction of sp³-hybridized carbons (Fsp3) is 0.0385. The summed E-state index contributed by atoms with van der Waals surface area (Å²) in [5, 5.41) is 12.9. The summed E-state index contributed by atoms with van der Waals surface area (Å²) in [5.74, 6) is 0. The molecule has 6 rings (SSSR count). The topological polar surface area (TPSA) is 12.9 Å². The molecule has 0 aliphatic carbocycles. The minimum atomic E-state index is 1.19. The minimum Gasteiger partial charge on any atom is -0.264 e. The third kappa shape index (κ3) is 2.03. The highest BCUT2D eigenvalue weighted by molar-refractivity contribution is 6.24. The van der Waals surface area contributed by atoms with Crippen LogP contribution in [0.25, 0.3) is 53.9 Å². The predicted octanol–water partition coefficient (Wildman–Crippen LogP) is 7.16. The Bertz CT molecular complexity index is 1530. The fourth-order valence-corrected chi connectivity index (χ4v) is 4.48. The minimum absolute atomic E-state index is 1.19. The first kappa shape index (κ1) is 14.7. The van der Waals surface area contributed by atoms with Crippen LogP contribution in [-0.2, 0) is 0 Å². The van der Waals surface area contributed by atoms with Gasteiger partial charge in [-0.1, -0.05) is 72.3 Å². The van der Waals surface area contributed by atoms with Gasteiger partial charge in [0.15, 0.2) is 0 Å². The van der Waals surface area contributed by atoms with Gasteiger partial charge in [-0.25, -0.2) is 0 Å². The van der Waals surface area contributed by atoms with Crippen molar-refractivity contribution in [2.75, 3.05) is 0 Å². The predicted molar refractivity (Wildman–Crippen MR) is 117 cm³/mol. The molecule has 0 unspecified atom stereocenters. The fourth-order valence-electron chi connectivity index (χ4n) is 4.48. The normalized spacial score (nSPS) is 11.9. The lowest BCUT2D eigenvalue weighted by molar-refractivity contribution is 1.37. The van der Waals surface area contributed by atoms with Crippen LogP contribution in [-0.4, -0.2) is 4.98 Å². The standard InChI is InChI=1S/C26H17N/c1-16-2-5-19-17(14-16)3-6-23-21(19)8-10-26-24-7-4-18-15-27-13-12-20(18)22(24)9-11-25(23)26/h2-15H,1H3. The van der Waals surface area contributed by atoms with Crippen molar-refractivity contribution in [3.8, 4) is 0 Å². The average Bonchev–Trinajstić information content (AvgIpc) is 2.72. The van der Waals surface area contributed by atoms with Gasteiger partial charge in [0.2, 0.25) is 0 Å². The molecule has 0 aliphatic rings. The summed E-state index contributed by atoms with van der Waals surface area (Å²) in [6.07, 6.45) is 3.81. The maximum Gasteiger partial charge on any atom is 0.0346 e. The molecule has 0 bridgehead atoms. The van der Waals surface area contributed by atoms with E-state index in [4.69, 9.17) is 0 Å². The van der Waals surface area contributed by atoms with Gasteiger partial charge in [-0.05, 0) is 61.5 Å². The van der Waals surface area contributed by atoms with Crippen molar-refractivity contribution in [1.82, 2.24) is 4.98 Å². The molecule has 0 saturated heterocycles. The van der Waals surface area contributed by atoms with E-state index in [2.05, 4.69) is 84.7 Å². The van der Waals surface area contributed by atoms with Gasteiger partial charge in [0.05, 0.1) is 0 Å². The van der Waals surface area contributed by atoms with Gasteiger partial charge in [-0.3, -0.25) is 4.98 Å². The highest BCUT2D eigenvalue weighted by Gasteiger charge is 2.09. The molecule has 0 spiro atoms. The molecular weight excluding hydrogens is 326 g/mol. The summed E-state index contributed by atoms with van der Waals surface area (Å²) in [5.41, 5.74) is 1.30. The number of benzene rings is 5. The third-order valence-corrected chi connectivity index (χ3v) is 5.78. The van der Waals surface area contributed by atoms with Crippen LogP contribution in [0.4, 0.5) is 0 Å². The first-order valence-electron chi connectivity index (χ1n) is 9.31. The lowest BCUT2D eigenvalue weighted by Gasteiger charge is -2.11. The second kappa shape index (κ2) is 5.28. The zero-order valence-electron chi connectivity index (χ0n) is 15.0. The number of rotatable bonds is 0. The Labute approximate surface area is 156 Å². The first-order valence-corrected chi connectivity index (χ1v) is 9.31. The molecule has 0 radical (unpaired) electrons. The van der Waals surface area contributed by atoms with Gasteiger partial charge in [0, 0.05) is 17.8 Å². The second-order valence-electron chi connectivity index (χ2n) is 7.37. The van der Waals surface area contributed by atoms with Crippen LogP contribution in [0, 0.1) is 6.92 Å². The lowest BCUT2D eigenvalue weighted by atomic mass is 9.92. The number of aromatic nitrogens is 1. The summed E-state index contributed by atoms with van der Waals surface area (Å²) >= 11 is 0. The van der Waals surface area contributed by atoms with E-state index in [0.29, 0.717) is 0 Å². The van der Waals surface area contributed by atoms with Crippen molar-refractivity contribution in [2.24, 2.45) is 0 Å². The van der Waals surface area contributed by atoms with Crippen molar-refractivity contribution >= 4 is 53.9 Å². The van der Waals surface area contributed by atoms with Crippen LogP contribution < -0.4 is 0 Å². The van der Waals surface area contributed by atoms with E-state index in [-0.39, 0.29) is 0 Å². The van der Waals surface area contributed by atoms with E-state index >= 15 is 0 Å². The molecular formula is C26H17N. The Balaban J connectivity index is 1.79. The molecule has 0 amide bonds. The molecule has 0 fully saturated rings. The summed E-state index contributed by atoms with van der Waals surface area (Å²) < 4.78 is 0. The monoisotopic (exact) mass is 343 g/mol. The summed E-state index contributed by atoms with van der Waals surface area (Å²) in [6.45, 7) is 2.15. The number of hydrogen-bond acceptors (Lipinski definition) is 1. The molecule has 0 N–H and O–H groups in total. The van der Waals surface area contributed by atoms with Crippen LogP contribution in [0.1, 0.15) is 5.56 Å². The van der Waals surface area contributed by atoms with E-state index in [9.17, 15) is 0 Å². The van der Waals surface area contributed by atoms with Crippen molar-refractivity contribution in [1.29, 1.82) is 0 Å². The maximum atomic E-state index is 4.26. The highest BCUT2D eigenvalue weighted by atomic mass is 14.6. The Morgan fingerprint density at radius 1 is 0.481 bits per heavy atom. The molecule has 0 atom stereocenters. The quantitative estimate of drug-likeness (QED) is 0.267. The van der Waals surface area contributed by atoms with Crippen LogP contribution in [0.5, 0.6) is 0 Å². The van der Waals surface area contributed by atoms with Crippen molar-refractivity contribution < 1.29 is 0 Å². The van der Waals surface area contributed by atoms with Gasteiger partial charge < -0.3 is 0 Å². The van der Waals surface area contributed by atoms with Crippen LogP contribution in [0.15, 0.2) is 85.2 Å². The number of aryl methyl sites for hydroxylation is 1. The summed E-state index contributed by atoms with van der Waals surface area (Å²) in [7, 11) is 0. The Morgan fingerprint density at radius 3 is 1.63 bits per heavy atom. The maximum absolute atomic E-state index is 4.26. The molecule has 27 heavy (non-hydrogen) atoms. The van der Waals surface area contributed by atoms with E-state index in [1.165, 1.54) is 59.4 Å². The number of pyridine rings is 1. The van der Waals surface area contributed by atoms with Gasteiger partial charge in [-0.15, -0.1) is 0 Å². The molecule has 1 aromatic heterocycles. The second-order valence-corrected chi connectivity index (χ2v) is 7.37. The van der Waals surface area contributed by atoms with Gasteiger partial charge >= 0.3 is 0 Å². The molecule has 0 saturated carbocycles. The Kier molecular flexibility index (Phi) is 2.87. The zero-order valence-corrected chi connectivity index (χ0v) is 15.0. The van der Waals surface area contributed by atoms with Gasteiger partial charge in [0.25, 0.3) is 0 Å². The average molecular weight is 343 g/mol. The smallest absolute Gasteiger partial charge is 0.0346 e. The van der Waals surface area contributed by atoms with Crippen LogP contribution in [0.2, 0.25) is 0 Å². The van der Waals surface area contributed by atoms with E-state index in [1.807, 2.05) is 12.4 Å². The van der Waals surface area contributed by atoms with Crippen molar-refractivity contribution in [2.45, 2.75) is 6.92 Å². The molecule has 1 heteroatoms. The molecule has 1 heterocycles. The Morgan fingerprint density at radius 2 is 0.963 bits per heavy atom. The molecule has 0 aliphatic heterocycles. The third-order valence-electron chi connectivity index (χ3n) is 5.78. The highest BCUT2D eigenvalue weighted by Crippen LogP contribution is 2.36. The van der Waals surface area contributed by atoms with E-state index in [1.54, 1.807) is 0 Å². The van der Waals surface area contributed by atoms with E-state index < -0.39 is 0 Å². The molecule has 1 nitrogen and oxygen atoms in total. The first-order chi connectivity index (χ1) is 13.3. The number of nitrogens with zero attached hydrogens (tertiary/aromatic N) is 1. The number of fused-ring (bicyclic) bond motifs is 9.